The smallest absolute Gasteiger partial charge is 0.326 e. The molecule has 0 saturated heterocycles. The van der Waals surface area contributed by atoms with Crippen LogP contribution in [0.4, 0.5) is 11.4 Å². The molecule has 0 fully saturated rings. The molecule has 0 aromatic heterocycles. The van der Waals surface area contributed by atoms with E-state index in [9.17, 15) is 9.59 Å². The van der Waals surface area contributed by atoms with Gasteiger partial charge in [-0.2, -0.15) is 0 Å². The molecule has 2 rings (SSSR count). The Hall–Kier alpha value is -1.46. The molecule has 1 aromatic carbocycles. The minimum atomic E-state index is -1.08. The summed E-state index contributed by atoms with van der Waals surface area (Å²) in [6.07, 6.45) is 0. The third kappa shape index (κ3) is 2.35. The summed E-state index contributed by atoms with van der Waals surface area (Å²) in [5.41, 5.74) is 1.02. The van der Waals surface area contributed by atoms with E-state index in [0.717, 1.165) is 0 Å². The molecule has 1 aliphatic heterocycles. The maximum atomic E-state index is 12.2. The third-order valence-electron chi connectivity index (χ3n) is 3.02. The Balaban J connectivity index is 2.58. The van der Waals surface area contributed by atoms with Gasteiger partial charge in [0, 0.05) is 0 Å². The predicted octanol–water partition coefficient (Wildman–Crippen LogP) is 2.61. The largest absolute Gasteiger partial charge is 0.480 e. The van der Waals surface area contributed by atoms with Crippen LogP contribution in [-0.4, -0.2) is 29.1 Å². The fourth-order valence-corrected chi connectivity index (χ4v) is 2.31. The van der Waals surface area contributed by atoms with E-state index in [0.29, 0.717) is 16.4 Å². The Morgan fingerprint density at radius 1 is 1.42 bits per heavy atom. The third-order valence-corrected chi connectivity index (χ3v) is 3.74. The van der Waals surface area contributed by atoms with Crippen LogP contribution in [0.3, 0.4) is 0 Å². The summed E-state index contributed by atoms with van der Waals surface area (Å²) in [6.45, 7) is 3.11. The van der Waals surface area contributed by atoms with E-state index in [4.69, 9.17) is 28.3 Å². The lowest BCUT2D eigenvalue weighted by molar-refractivity contribution is -0.139. The van der Waals surface area contributed by atoms with Gasteiger partial charge in [0.25, 0.3) is 0 Å². The van der Waals surface area contributed by atoms with Crippen molar-refractivity contribution in [1.82, 2.24) is 0 Å². The van der Waals surface area contributed by atoms with E-state index in [-0.39, 0.29) is 10.9 Å². The van der Waals surface area contributed by atoms with Crippen molar-refractivity contribution in [3.63, 3.8) is 0 Å². The topological polar surface area (TPSA) is 69.6 Å². The van der Waals surface area contributed by atoms with Crippen molar-refractivity contribution in [1.29, 1.82) is 0 Å². The first-order valence-corrected chi connectivity index (χ1v) is 6.40. The number of halogens is 2. The molecule has 1 amide bonds. The summed E-state index contributed by atoms with van der Waals surface area (Å²) >= 11 is 11.9. The Morgan fingerprint density at radius 2 is 2.00 bits per heavy atom. The van der Waals surface area contributed by atoms with E-state index in [1.807, 2.05) is 0 Å². The quantitative estimate of drug-likeness (QED) is 0.881. The number of amides is 1. The molecule has 0 saturated carbocycles. The minimum absolute atomic E-state index is 0.271. The maximum Gasteiger partial charge on any atom is 0.326 e. The van der Waals surface area contributed by atoms with Crippen molar-refractivity contribution in [2.75, 3.05) is 10.2 Å². The molecule has 1 aliphatic rings. The zero-order chi connectivity index (χ0) is 14.3. The summed E-state index contributed by atoms with van der Waals surface area (Å²) < 4.78 is 0. The van der Waals surface area contributed by atoms with Gasteiger partial charge < -0.3 is 10.4 Å². The van der Waals surface area contributed by atoms with Gasteiger partial charge >= 0.3 is 5.97 Å². The van der Waals surface area contributed by atoms with Gasteiger partial charge in [0.15, 0.2) is 0 Å². The average Bonchev–Trinajstić information content (AvgIpc) is 2.33. The van der Waals surface area contributed by atoms with E-state index >= 15 is 0 Å². The number of carboxylic acids is 1. The SMILES string of the molecule is CC1Nc2cc(Cl)c(Cl)cc2N(C(C)C(=O)O)C1=O. The maximum absolute atomic E-state index is 12.2. The number of hydrogen-bond acceptors (Lipinski definition) is 3. The zero-order valence-corrected chi connectivity index (χ0v) is 11.8. The lowest BCUT2D eigenvalue weighted by Gasteiger charge is -2.36. The van der Waals surface area contributed by atoms with Gasteiger partial charge in [-0.15, -0.1) is 0 Å². The van der Waals surface area contributed by atoms with E-state index < -0.39 is 18.1 Å². The van der Waals surface area contributed by atoms with Gasteiger partial charge in [0.1, 0.15) is 12.1 Å². The number of fused-ring (bicyclic) bond motifs is 1. The van der Waals surface area contributed by atoms with Crippen LogP contribution in [0, 0.1) is 0 Å². The average molecular weight is 303 g/mol. The Bertz CT molecular complexity index is 562. The lowest BCUT2D eigenvalue weighted by Crippen LogP contribution is -2.52. The van der Waals surface area contributed by atoms with Gasteiger partial charge in [-0.25, -0.2) is 4.79 Å². The van der Waals surface area contributed by atoms with Crippen molar-refractivity contribution in [2.24, 2.45) is 0 Å². The van der Waals surface area contributed by atoms with Crippen LogP contribution in [-0.2, 0) is 9.59 Å². The first-order chi connectivity index (χ1) is 8.82. The highest BCUT2D eigenvalue weighted by molar-refractivity contribution is 6.42. The second-order valence-electron chi connectivity index (χ2n) is 4.37. The summed E-state index contributed by atoms with van der Waals surface area (Å²) in [5.74, 6) is -1.40. The van der Waals surface area contributed by atoms with E-state index in [2.05, 4.69) is 5.32 Å². The highest BCUT2D eigenvalue weighted by Gasteiger charge is 2.36. The Labute approximate surface area is 120 Å². The lowest BCUT2D eigenvalue weighted by atomic mass is 10.1. The minimum Gasteiger partial charge on any atom is -0.480 e. The molecule has 0 aliphatic carbocycles. The van der Waals surface area contributed by atoms with Crippen LogP contribution in [0.5, 0.6) is 0 Å². The number of benzene rings is 1. The molecular weight excluding hydrogens is 291 g/mol. The number of carboxylic acid groups (broad SMARTS) is 1. The molecule has 2 unspecified atom stereocenters. The second kappa shape index (κ2) is 4.90. The summed E-state index contributed by atoms with van der Waals surface area (Å²) in [7, 11) is 0. The van der Waals surface area contributed by atoms with Crippen LogP contribution in [0.1, 0.15) is 13.8 Å². The van der Waals surface area contributed by atoms with Crippen molar-refractivity contribution in [2.45, 2.75) is 25.9 Å². The normalized spacial score (nSPS) is 19.7. The highest BCUT2D eigenvalue weighted by Crippen LogP contribution is 2.39. The first-order valence-electron chi connectivity index (χ1n) is 5.64. The van der Waals surface area contributed by atoms with Crippen molar-refractivity contribution in [3.8, 4) is 0 Å². The zero-order valence-electron chi connectivity index (χ0n) is 10.3. The summed E-state index contributed by atoms with van der Waals surface area (Å²) in [6, 6.07) is 1.58. The molecule has 102 valence electrons. The molecule has 0 radical (unpaired) electrons. The van der Waals surface area contributed by atoms with Gasteiger partial charge in [0.2, 0.25) is 5.91 Å². The number of carbonyl (C=O) groups is 2. The van der Waals surface area contributed by atoms with Crippen molar-refractivity contribution < 1.29 is 14.7 Å². The second-order valence-corrected chi connectivity index (χ2v) is 5.19. The first kappa shape index (κ1) is 14.0. The van der Waals surface area contributed by atoms with Gasteiger partial charge in [0.05, 0.1) is 21.4 Å². The van der Waals surface area contributed by atoms with E-state index in [1.54, 1.807) is 13.0 Å². The molecular formula is C12H12Cl2N2O3. The van der Waals surface area contributed by atoms with Crippen LogP contribution in [0.25, 0.3) is 0 Å². The molecule has 1 aromatic rings. The van der Waals surface area contributed by atoms with Gasteiger partial charge in [-0.1, -0.05) is 23.2 Å². The fourth-order valence-electron chi connectivity index (χ4n) is 1.98. The van der Waals surface area contributed by atoms with Crippen LogP contribution < -0.4 is 10.2 Å². The number of aliphatic carboxylic acids is 1. The molecule has 7 heteroatoms. The molecule has 19 heavy (non-hydrogen) atoms. The van der Waals surface area contributed by atoms with E-state index in [1.165, 1.54) is 17.9 Å². The van der Waals surface area contributed by atoms with Crippen LogP contribution in [0.2, 0.25) is 10.0 Å². The number of anilines is 2. The standard InChI is InChI=1S/C12H12Cl2N2O3/c1-5-11(17)16(6(2)12(18)19)10-4-8(14)7(13)3-9(10)15-5/h3-6,15H,1-2H3,(H,18,19). The summed E-state index contributed by atoms with van der Waals surface area (Å²) in [5, 5.41) is 12.7. The number of nitrogens with zero attached hydrogens (tertiary/aromatic N) is 1. The number of hydrogen-bond donors (Lipinski definition) is 2. The Morgan fingerprint density at radius 3 is 2.58 bits per heavy atom. The fraction of sp³-hybridized carbons (Fsp3) is 0.333. The van der Waals surface area contributed by atoms with Crippen LogP contribution >= 0.6 is 23.2 Å². The number of nitrogens with one attached hydrogen (secondary N) is 1. The molecule has 0 spiro atoms. The predicted molar refractivity (Wildman–Crippen MR) is 74.1 cm³/mol. The summed E-state index contributed by atoms with van der Waals surface area (Å²) in [4.78, 5) is 24.5. The van der Waals surface area contributed by atoms with Crippen LogP contribution in [0.15, 0.2) is 12.1 Å². The number of carbonyl (C=O) groups excluding carboxylic acids is 1. The monoisotopic (exact) mass is 302 g/mol. The molecule has 2 N–H and O–H groups in total. The molecule has 2 atom stereocenters. The van der Waals surface area contributed by atoms with Gasteiger partial charge in [-0.05, 0) is 26.0 Å². The number of rotatable bonds is 2. The molecule has 5 nitrogen and oxygen atoms in total. The van der Waals surface area contributed by atoms with Crippen molar-refractivity contribution >= 4 is 46.5 Å². The highest BCUT2D eigenvalue weighted by atomic mass is 35.5. The van der Waals surface area contributed by atoms with Gasteiger partial charge in [-0.3, -0.25) is 9.69 Å². The van der Waals surface area contributed by atoms with Crippen molar-refractivity contribution in [3.05, 3.63) is 22.2 Å². The molecule has 0 bridgehead atoms. The molecule has 1 heterocycles. The Kier molecular flexibility index (Phi) is 3.60.